The molecule has 1 amide bonds. The smallest absolute Gasteiger partial charge is 0.243 e. The number of hydrogen-bond donors (Lipinski definition) is 1. The Morgan fingerprint density at radius 2 is 1.94 bits per heavy atom. The van der Waals surface area contributed by atoms with Crippen LogP contribution in [0.1, 0.15) is 44.7 Å². The molecule has 2 heterocycles. The fourth-order valence-corrected chi connectivity index (χ4v) is 5.75. The van der Waals surface area contributed by atoms with E-state index in [1.165, 1.54) is 4.31 Å². The lowest BCUT2D eigenvalue weighted by atomic mass is 9.97. The number of aromatic nitrogens is 3. The van der Waals surface area contributed by atoms with Gasteiger partial charge < -0.3 is 10.1 Å². The minimum atomic E-state index is -3.68. The lowest BCUT2D eigenvalue weighted by Gasteiger charge is -2.30. The molecule has 3 aromatic rings. The van der Waals surface area contributed by atoms with Crippen LogP contribution in [-0.2, 0) is 21.4 Å². The summed E-state index contributed by atoms with van der Waals surface area (Å²) in [4.78, 5) is 12.9. The Morgan fingerprint density at radius 1 is 1.21 bits per heavy atom. The van der Waals surface area contributed by atoms with Crippen molar-refractivity contribution in [2.24, 2.45) is 5.92 Å². The highest BCUT2D eigenvalue weighted by molar-refractivity contribution is 7.89. The number of nitrogens with one attached hydrogen (secondary N) is 1. The number of ether oxygens (including phenoxy) is 1. The summed E-state index contributed by atoms with van der Waals surface area (Å²) in [6.45, 7) is 5.09. The normalized spacial score (nSPS) is 16.4. The maximum absolute atomic E-state index is 13.2. The van der Waals surface area contributed by atoms with E-state index in [4.69, 9.17) is 4.74 Å². The SMILES string of the molecule is CC[C@@H](C)n1nnc2cc(S(=O)(=O)N3CCC(C(=O)NCc4ccccc4OC)CC3)ccc21. The van der Waals surface area contributed by atoms with Crippen molar-refractivity contribution in [1.82, 2.24) is 24.6 Å². The lowest BCUT2D eigenvalue weighted by Crippen LogP contribution is -2.42. The van der Waals surface area contributed by atoms with E-state index < -0.39 is 10.0 Å². The number of hydrogen-bond acceptors (Lipinski definition) is 6. The number of carbonyl (C=O) groups is 1. The van der Waals surface area contributed by atoms with Crippen molar-refractivity contribution in [2.75, 3.05) is 20.2 Å². The zero-order valence-corrected chi connectivity index (χ0v) is 20.6. The summed E-state index contributed by atoms with van der Waals surface area (Å²) < 4.78 is 35.1. The van der Waals surface area contributed by atoms with Crippen molar-refractivity contribution in [3.8, 4) is 5.75 Å². The summed E-state index contributed by atoms with van der Waals surface area (Å²) in [5.74, 6) is 0.440. The molecule has 0 saturated carbocycles. The van der Waals surface area contributed by atoms with E-state index in [9.17, 15) is 13.2 Å². The molecule has 1 N–H and O–H groups in total. The Hall–Kier alpha value is -2.98. The van der Waals surface area contributed by atoms with Crippen molar-refractivity contribution >= 4 is 27.0 Å². The van der Waals surface area contributed by atoms with E-state index in [1.807, 2.05) is 28.9 Å². The second kappa shape index (κ2) is 10.1. The zero-order valence-electron chi connectivity index (χ0n) is 19.8. The van der Waals surface area contributed by atoms with Gasteiger partial charge in [-0.1, -0.05) is 30.3 Å². The monoisotopic (exact) mass is 485 g/mol. The van der Waals surface area contributed by atoms with Crippen LogP contribution >= 0.6 is 0 Å². The van der Waals surface area contributed by atoms with Crippen LogP contribution in [0.4, 0.5) is 0 Å². The van der Waals surface area contributed by atoms with Crippen molar-refractivity contribution in [3.05, 3.63) is 48.0 Å². The first-order valence-electron chi connectivity index (χ1n) is 11.6. The summed E-state index contributed by atoms with van der Waals surface area (Å²) in [5.41, 5.74) is 2.28. The van der Waals surface area contributed by atoms with Crippen LogP contribution in [0.2, 0.25) is 0 Å². The van der Waals surface area contributed by atoms with Crippen molar-refractivity contribution in [3.63, 3.8) is 0 Å². The van der Waals surface area contributed by atoms with Crippen LogP contribution in [-0.4, -0.2) is 53.8 Å². The predicted molar refractivity (Wildman–Crippen MR) is 129 cm³/mol. The molecule has 1 saturated heterocycles. The molecule has 1 atom stereocenters. The van der Waals surface area contributed by atoms with Crippen molar-refractivity contribution < 1.29 is 17.9 Å². The predicted octanol–water partition coefficient (Wildman–Crippen LogP) is 3.13. The van der Waals surface area contributed by atoms with Gasteiger partial charge in [-0.05, 0) is 50.5 Å². The molecule has 0 unspecified atom stereocenters. The summed E-state index contributed by atoms with van der Waals surface area (Å²) in [7, 11) is -2.08. The molecular formula is C24H31N5O4S. The topological polar surface area (TPSA) is 106 Å². The largest absolute Gasteiger partial charge is 0.496 e. The minimum Gasteiger partial charge on any atom is -0.496 e. The van der Waals surface area contributed by atoms with Crippen LogP contribution in [0.5, 0.6) is 5.75 Å². The maximum Gasteiger partial charge on any atom is 0.243 e. The molecule has 9 nitrogen and oxygen atoms in total. The van der Waals surface area contributed by atoms with Gasteiger partial charge in [0.05, 0.1) is 23.6 Å². The number of rotatable bonds is 8. The third kappa shape index (κ3) is 4.78. The second-order valence-corrected chi connectivity index (χ2v) is 10.6. The Bertz CT molecular complexity index is 1270. The van der Waals surface area contributed by atoms with E-state index in [1.54, 1.807) is 25.3 Å². The molecule has 0 radical (unpaired) electrons. The van der Waals surface area contributed by atoms with E-state index in [2.05, 4.69) is 29.5 Å². The number of carbonyl (C=O) groups excluding carboxylic acids is 1. The number of benzene rings is 2. The molecule has 4 rings (SSSR count). The first-order valence-corrected chi connectivity index (χ1v) is 13.0. The molecule has 2 aromatic carbocycles. The van der Waals surface area contributed by atoms with Crippen LogP contribution in [0.15, 0.2) is 47.4 Å². The molecule has 34 heavy (non-hydrogen) atoms. The number of nitrogens with zero attached hydrogens (tertiary/aromatic N) is 4. The molecule has 0 bridgehead atoms. The second-order valence-electron chi connectivity index (χ2n) is 8.65. The average Bonchev–Trinajstić information content (AvgIpc) is 3.30. The van der Waals surface area contributed by atoms with Gasteiger partial charge in [0.1, 0.15) is 11.3 Å². The van der Waals surface area contributed by atoms with E-state index >= 15 is 0 Å². The van der Waals surface area contributed by atoms with Gasteiger partial charge in [-0.2, -0.15) is 4.31 Å². The number of amides is 1. The number of methoxy groups -OCH3 is 1. The van der Waals surface area contributed by atoms with Gasteiger partial charge in [0.15, 0.2) is 0 Å². The first-order chi connectivity index (χ1) is 16.3. The van der Waals surface area contributed by atoms with Crippen molar-refractivity contribution in [2.45, 2.75) is 50.6 Å². The highest BCUT2D eigenvalue weighted by Crippen LogP contribution is 2.27. The first kappa shape index (κ1) is 24.2. The van der Waals surface area contributed by atoms with Crippen LogP contribution < -0.4 is 10.1 Å². The van der Waals surface area contributed by atoms with E-state index in [-0.39, 0.29) is 22.8 Å². The summed E-state index contributed by atoms with van der Waals surface area (Å²) in [6.07, 6.45) is 1.85. The highest BCUT2D eigenvalue weighted by Gasteiger charge is 2.32. The molecule has 0 aliphatic carbocycles. The molecule has 10 heteroatoms. The van der Waals surface area contributed by atoms with Crippen molar-refractivity contribution in [1.29, 1.82) is 0 Å². The minimum absolute atomic E-state index is 0.0639. The van der Waals surface area contributed by atoms with E-state index in [0.29, 0.717) is 38.0 Å². The summed E-state index contributed by atoms with van der Waals surface area (Å²) in [5, 5.41) is 11.3. The number of piperidine rings is 1. The molecule has 0 spiro atoms. The molecule has 1 aliphatic rings. The van der Waals surface area contributed by atoms with Crippen LogP contribution in [0.3, 0.4) is 0 Å². The Balaban J connectivity index is 1.38. The summed E-state index contributed by atoms with van der Waals surface area (Å²) >= 11 is 0. The highest BCUT2D eigenvalue weighted by atomic mass is 32.2. The molecular weight excluding hydrogens is 454 g/mol. The fourth-order valence-electron chi connectivity index (χ4n) is 4.26. The molecule has 1 aromatic heterocycles. The van der Waals surface area contributed by atoms with E-state index in [0.717, 1.165) is 23.3 Å². The molecule has 1 fully saturated rings. The fraction of sp³-hybridized carbons (Fsp3) is 0.458. The quantitative estimate of drug-likeness (QED) is 0.525. The maximum atomic E-state index is 13.2. The van der Waals surface area contributed by atoms with Gasteiger partial charge in [0.2, 0.25) is 15.9 Å². The average molecular weight is 486 g/mol. The summed E-state index contributed by atoms with van der Waals surface area (Å²) in [6, 6.07) is 12.7. The Kier molecular flexibility index (Phi) is 7.18. The van der Waals surface area contributed by atoms with Gasteiger partial charge in [-0.25, -0.2) is 13.1 Å². The standard InChI is InChI=1S/C24H31N5O4S/c1-4-17(2)29-22-10-9-20(15-21(22)26-27-29)34(31,32)28-13-11-18(12-14-28)24(30)25-16-19-7-5-6-8-23(19)33-3/h5-10,15,17-18H,4,11-14,16H2,1-3H3,(H,25,30)/t17-/m1/s1. The Labute approximate surface area is 200 Å². The number of para-hydroxylation sites is 1. The third-order valence-corrected chi connectivity index (χ3v) is 8.45. The van der Waals surface area contributed by atoms with Crippen LogP contribution in [0.25, 0.3) is 11.0 Å². The number of fused-ring (bicyclic) bond motifs is 1. The van der Waals surface area contributed by atoms with Gasteiger partial charge in [0, 0.05) is 31.1 Å². The zero-order chi connectivity index (χ0) is 24.3. The number of sulfonamides is 1. The molecule has 1 aliphatic heterocycles. The van der Waals surface area contributed by atoms with Gasteiger partial charge in [-0.15, -0.1) is 5.10 Å². The third-order valence-electron chi connectivity index (χ3n) is 6.56. The Morgan fingerprint density at radius 3 is 2.65 bits per heavy atom. The van der Waals surface area contributed by atoms with Gasteiger partial charge in [-0.3, -0.25) is 4.79 Å². The molecule has 182 valence electrons. The van der Waals surface area contributed by atoms with Crippen LogP contribution in [0, 0.1) is 5.92 Å². The lowest BCUT2D eigenvalue weighted by molar-refractivity contribution is -0.126. The van der Waals surface area contributed by atoms with Gasteiger partial charge >= 0.3 is 0 Å². The van der Waals surface area contributed by atoms with Gasteiger partial charge in [0.25, 0.3) is 0 Å².